The Morgan fingerprint density at radius 2 is 1.65 bits per heavy atom. The van der Waals surface area contributed by atoms with E-state index in [2.05, 4.69) is 4.18 Å². The summed E-state index contributed by atoms with van der Waals surface area (Å²) in [6.07, 6.45) is -12.6. The van der Waals surface area contributed by atoms with Gasteiger partial charge in [-0.1, -0.05) is 0 Å². The van der Waals surface area contributed by atoms with Crippen LogP contribution in [-0.4, -0.2) is 124 Å². The van der Waals surface area contributed by atoms with Crippen molar-refractivity contribution >= 4 is 24.3 Å². The number of aliphatic hydroxyl groups excluding tert-OH is 8. The van der Waals surface area contributed by atoms with E-state index in [0.29, 0.717) is 0 Å². The van der Waals surface area contributed by atoms with E-state index in [9.17, 15) is 48.7 Å². The standard InChI is InChI=1S/C12H24O12SSe/c13-1-5(15)10(19)11(20)12(24-25(21,22)23)7(17)4-26-3-6(16)9(18)8(26)2-14/h5-20H,1-4H2/t5-,6+,7+,8+,9-,10-,11+,12+,26?/m0/s1. The molecular formula is C12H24O12SSe. The van der Waals surface area contributed by atoms with Gasteiger partial charge in [0.25, 0.3) is 0 Å². The van der Waals surface area contributed by atoms with Gasteiger partial charge in [-0.25, -0.2) is 0 Å². The molecule has 0 amide bonds. The van der Waals surface area contributed by atoms with E-state index in [1.54, 1.807) is 0 Å². The monoisotopic (exact) mass is 472 g/mol. The van der Waals surface area contributed by atoms with Crippen LogP contribution in [0.2, 0.25) is 15.5 Å². The minimum absolute atomic E-state index is 0.0677. The zero-order chi connectivity index (χ0) is 20.2. The first kappa shape index (κ1) is 24.1. The molecule has 8 N–H and O–H groups in total. The fourth-order valence-corrected chi connectivity index (χ4v) is 8.76. The van der Waals surface area contributed by atoms with Gasteiger partial charge in [0.15, 0.2) is 0 Å². The van der Waals surface area contributed by atoms with Crippen LogP contribution >= 0.6 is 0 Å². The van der Waals surface area contributed by atoms with Gasteiger partial charge in [0.1, 0.15) is 0 Å². The molecule has 0 aromatic rings. The molecule has 0 bridgehead atoms. The molecule has 0 aromatic carbocycles. The van der Waals surface area contributed by atoms with Crippen molar-refractivity contribution in [3.8, 4) is 0 Å². The van der Waals surface area contributed by atoms with E-state index in [1.807, 2.05) is 0 Å². The van der Waals surface area contributed by atoms with Gasteiger partial charge in [0.2, 0.25) is 0 Å². The second-order valence-corrected chi connectivity index (χ2v) is 11.9. The van der Waals surface area contributed by atoms with Crippen molar-refractivity contribution in [3.63, 3.8) is 0 Å². The molecule has 0 aliphatic carbocycles. The topological polar surface area (TPSA) is 228 Å². The molecule has 14 heteroatoms. The molecule has 156 valence electrons. The van der Waals surface area contributed by atoms with Gasteiger partial charge < -0.3 is 0 Å². The normalized spacial score (nSPS) is 32.8. The summed E-state index contributed by atoms with van der Waals surface area (Å²) in [6.45, 7) is -1.48. The Hall–Kier alpha value is 0.0695. The zero-order valence-corrected chi connectivity index (χ0v) is 16.0. The molecule has 0 aromatic heterocycles. The molecule has 1 heterocycles. The molecule has 0 saturated carbocycles. The molecule has 12 nitrogen and oxygen atoms in total. The molecule has 26 heavy (non-hydrogen) atoms. The number of hydrogen-bond acceptors (Lipinski definition) is 12. The molecule has 1 fully saturated rings. The summed E-state index contributed by atoms with van der Waals surface area (Å²) in [5.41, 5.74) is 0. The Morgan fingerprint density at radius 3 is 2.12 bits per heavy atom. The van der Waals surface area contributed by atoms with E-state index in [1.165, 1.54) is 0 Å². The van der Waals surface area contributed by atoms with E-state index in [-0.39, 0.29) is 10.6 Å². The van der Waals surface area contributed by atoms with E-state index in [4.69, 9.17) is 5.11 Å². The number of hydrogen-bond donors (Lipinski definition) is 8. The third-order valence-corrected chi connectivity index (χ3v) is 10.4. The molecule has 9 atom stereocenters. The van der Waals surface area contributed by atoms with Crippen molar-refractivity contribution in [2.24, 2.45) is 0 Å². The summed E-state index contributed by atoms with van der Waals surface area (Å²) >= 11 is -2.12. The van der Waals surface area contributed by atoms with Crippen LogP contribution < -0.4 is 0 Å². The summed E-state index contributed by atoms with van der Waals surface area (Å²) in [5.74, 6) is 0. The maximum absolute atomic E-state index is 10.9. The number of rotatable bonds is 10. The van der Waals surface area contributed by atoms with Crippen LogP contribution in [-0.2, 0) is 14.6 Å². The van der Waals surface area contributed by atoms with Gasteiger partial charge in [-0.05, 0) is 0 Å². The summed E-state index contributed by atoms with van der Waals surface area (Å²) in [4.78, 5) is -0.728. The van der Waals surface area contributed by atoms with Crippen molar-refractivity contribution in [1.29, 1.82) is 0 Å². The molecule has 1 unspecified atom stereocenters. The summed E-state index contributed by atoms with van der Waals surface area (Å²) in [6, 6.07) is 0. The van der Waals surface area contributed by atoms with Crippen molar-refractivity contribution in [3.05, 3.63) is 0 Å². The first-order valence-corrected chi connectivity index (χ1v) is 12.3. The Balaban J connectivity index is 2.95. The molecule has 1 saturated heterocycles. The van der Waals surface area contributed by atoms with E-state index in [0.717, 1.165) is 0 Å². The van der Waals surface area contributed by atoms with Crippen LogP contribution in [0.4, 0.5) is 0 Å². The Bertz CT molecular complexity index is 532. The van der Waals surface area contributed by atoms with Gasteiger partial charge in [-0.2, -0.15) is 0 Å². The third kappa shape index (κ3) is 6.31. The molecule has 1 aliphatic rings. The van der Waals surface area contributed by atoms with Crippen LogP contribution in [0.5, 0.6) is 0 Å². The van der Waals surface area contributed by atoms with E-state index >= 15 is 0 Å². The van der Waals surface area contributed by atoms with Gasteiger partial charge in [-0.15, -0.1) is 0 Å². The van der Waals surface area contributed by atoms with Crippen LogP contribution in [0.25, 0.3) is 0 Å². The van der Waals surface area contributed by atoms with Crippen molar-refractivity contribution in [2.75, 3.05) is 13.2 Å². The molecule has 0 spiro atoms. The second kappa shape index (κ2) is 10.0. The van der Waals surface area contributed by atoms with Gasteiger partial charge >= 0.3 is 154 Å². The average Bonchev–Trinajstić information content (AvgIpc) is 2.82. The molecular weight excluding hydrogens is 447 g/mol. The van der Waals surface area contributed by atoms with Crippen LogP contribution in [0.3, 0.4) is 0 Å². The first-order valence-electron chi connectivity index (χ1n) is 7.53. The summed E-state index contributed by atoms with van der Waals surface area (Å²) in [5, 5.41) is 76.6. The van der Waals surface area contributed by atoms with Crippen molar-refractivity contribution in [1.82, 2.24) is 0 Å². The summed E-state index contributed by atoms with van der Waals surface area (Å²) < 4.78 is 36.7. The quantitative estimate of drug-likeness (QED) is 0.0850. The summed E-state index contributed by atoms with van der Waals surface area (Å²) in [7, 11) is -5.41. The number of aliphatic hydroxyl groups is 8. The van der Waals surface area contributed by atoms with Gasteiger partial charge in [0.05, 0.1) is 0 Å². The predicted octanol–water partition coefficient (Wildman–Crippen LogP) is -5.14. The second-order valence-electron chi connectivity index (χ2n) is 5.92. The maximum atomic E-state index is 10.9. The fourth-order valence-electron chi connectivity index (χ4n) is 2.62. The molecule has 1 rings (SSSR count). The van der Waals surface area contributed by atoms with Crippen molar-refractivity contribution < 1.29 is 58.0 Å². The van der Waals surface area contributed by atoms with Crippen molar-refractivity contribution in [2.45, 2.75) is 58.2 Å². The van der Waals surface area contributed by atoms with Gasteiger partial charge in [-0.3, -0.25) is 0 Å². The third-order valence-electron chi connectivity index (χ3n) is 4.03. The first-order chi connectivity index (χ1) is 11.9. The van der Waals surface area contributed by atoms with Gasteiger partial charge in [0, 0.05) is 0 Å². The Morgan fingerprint density at radius 1 is 1.08 bits per heavy atom. The average molecular weight is 471 g/mol. The fraction of sp³-hybridized carbons (Fsp3) is 1.00. The van der Waals surface area contributed by atoms with Crippen LogP contribution in [0.15, 0.2) is 0 Å². The van der Waals surface area contributed by atoms with Crippen LogP contribution in [0.1, 0.15) is 0 Å². The Labute approximate surface area is 154 Å². The Kier molecular flexibility index (Phi) is 9.29. The zero-order valence-electron chi connectivity index (χ0n) is 13.5. The predicted molar refractivity (Wildman–Crippen MR) is 83.9 cm³/mol. The van der Waals surface area contributed by atoms with Crippen LogP contribution in [0, 0.1) is 0 Å². The molecule has 0 radical (unpaired) electrons. The minimum atomic E-state index is -5.41. The SMILES string of the molecule is O=S(=O)([O-])O[C@@H]([C@H](O)[C@@H](O)[C@@H](O)CO)[C@H](O)C[Se+]1C[C@@H](O)[C@H](O)[C@H]1CO. The van der Waals surface area contributed by atoms with E-state index < -0.39 is 85.1 Å². The molecule has 1 aliphatic heterocycles.